The molecule has 2 fully saturated rings. The van der Waals surface area contributed by atoms with Crippen LogP contribution >= 0.6 is 0 Å². The first kappa shape index (κ1) is 16.0. The number of rotatable bonds is 4. The van der Waals surface area contributed by atoms with Crippen LogP contribution in [-0.4, -0.2) is 23.9 Å². The van der Waals surface area contributed by atoms with E-state index in [4.69, 9.17) is 0 Å². The van der Waals surface area contributed by atoms with Crippen molar-refractivity contribution in [2.75, 3.05) is 10.6 Å². The zero-order valence-corrected chi connectivity index (χ0v) is 13.8. The minimum atomic E-state index is -0.115. The number of hydrogen-bond acceptors (Lipinski definition) is 3. The van der Waals surface area contributed by atoms with Gasteiger partial charge >= 0.3 is 0 Å². The van der Waals surface area contributed by atoms with Crippen LogP contribution in [-0.2, 0) is 9.59 Å². The van der Waals surface area contributed by atoms with Crippen molar-refractivity contribution in [2.45, 2.75) is 58.0 Å². The summed E-state index contributed by atoms with van der Waals surface area (Å²) in [6.07, 6.45) is 5.30. The molecule has 124 valence electrons. The largest absolute Gasteiger partial charge is 0.326 e. The number of carbonyl (C=O) groups is 2. The number of amides is 2. The van der Waals surface area contributed by atoms with E-state index in [0.29, 0.717) is 30.1 Å². The fraction of sp³-hybridized carbons (Fsp3) is 0.556. The highest BCUT2D eigenvalue weighted by molar-refractivity contribution is 5.94. The molecule has 3 N–H and O–H groups in total. The van der Waals surface area contributed by atoms with Crippen molar-refractivity contribution < 1.29 is 9.59 Å². The third-order valence-electron chi connectivity index (χ3n) is 4.88. The molecule has 2 amide bonds. The van der Waals surface area contributed by atoms with Crippen LogP contribution in [0.15, 0.2) is 18.2 Å². The molecule has 2 aliphatic rings. The van der Waals surface area contributed by atoms with Crippen LogP contribution in [0.5, 0.6) is 0 Å². The summed E-state index contributed by atoms with van der Waals surface area (Å²) in [4.78, 5) is 23.5. The van der Waals surface area contributed by atoms with E-state index in [1.165, 1.54) is 19.8 Å². The maximum Gasteiger partial charge on any atom is 0.224 e. The molecule has 2 heterocycles. The van der Waals surface area contributed by atoms with E-state index >= 15 is 0 Å². The Labute approximate surface area is 137 Å². The zero-order valence-electron chi connectivity index (χ0n) is 13.8. The van der Waals surface area contributed by atoms with Crippen LogP contribution in [0.1, 0.15) is 44.6 Å². The topological polar surface area (TPSA) is 70.2 Å². The normalized spacial score (nSPS) is 25.9. The van der Waals surface area contributed by atoms with Crippen molar-refractivity contribution in [1.29, 1.82) is 0 Å². The Morgan fingerprint density at radius 3 is 2.52 bits per heavy atom. The second kappa shape index (κ2) is 6.71. The number of fused-ring (bicyclic) bond motifs is 2. The Balaban J connectivity index is 1.60. The zero-order chi connectivity index (χ0) is 16.4. The maximum absolute atomic E-state index is 12.4. The summed E-state index contributed by atoms with van der Waals surface area (Å²) in [5.41, 5.74) is 2.48. The molecule has 1 aromatic rings. The van der Waals surface area contributed by atoms with Crippen LogP contribution in [0.2, 0.25) is 0 Å². The minimum absolute atomic E-state index is 0.0689. The van der Waals surface area contributed by atoms with Gasteiger partial charge in [0.15, 0.2) is 0 Å². The van der Waals surface area contributed by atoms with Gasteiger partial charge in [-0.25, -0.2) is 0 Å². The van der Waals surface area contributed by atoms with Gasteiger partial charge in [0.25, 0.3) is 0 Å². The van der Waals surface area contributed by atoms with Crippen LogP contribution in [0.3, 0.4) is 0 Å². The monoisotopic (exact) mass is 315 g/mol. The average Bonchev–Trinajstić information content (AvgIpc) is 2.81. The summed E-state index contributed by atoms with van der Waals surface area (Å²) in [7, 11) is 0. The van der Waals surface area contributed by atoms with Gasteiger partial charge in [-0.05, 0) is 56.2 Å². The van der Waals surface area contributed by atoms with Crippen molar-refractivity contribution in [3.63, 3.8) is 0 Å². The molecular weight excluding hydrogens is 290 g/mol. The minimum Gasteiger partial charge on any atom is -0.326 e. The van der Waals surface area contributed by atoms with E-state index < -0.39 is 0 Å². The molecule has 2 aliphatic heterocycles. The molecule has 1 aromatic carbocycles. The molecule has 0 radical (unpaired) electrons. The number of piperidine rings is 1. The lowest BCUT2D eigenvalue weighted by molar-refractivity contribution is -0.117. The number of nitrogens with one attached hydrogen (secondary N) is 3. The van der Waals surface area contributed by atoms with Crippen molar-refractivity contribution in [2.24, 2.45) is 5.92 Å². The summed E-state index contributed by atoms with van der Waals surface area (Å²) in [6, 6.07) is 6.79. The number of aryl methyl sites for hydroxylation is 1. The quantitative estimate of drug-likeness (QED) is 0.800. The highest BCUT2D eigenvalue weighted by Gasteiger charge is 2.34. The first-order chi connectivity index (χ1) is 11.0. The molecule has 23 heavy (non-hydrogen) atoms. The van der Waals surface area contributed by atoms with Gasteiger partial charge in [-0.1, -0.05) is 6.07 Å². The summed E-state index contributed by atoms with van der Waals surface area (Å²) in [5, 5.41) is 9.37. The number of anilines is 2. The van der Waals surface area contributed by atoms with E-state index in [1.54, 1.807) is 0 Å². The fourth-order valence-electron chi connectivity index (χ4n) is 3.84. The molecule has 0 aromatic heterocycles. The van der Waals surface area contributed by atoms with Crippen LogP contribution in [0.4, 0.5) is 11.4 Å². The van der Waals surface area contributed by atoms with Gasteiger partial charge in [0, 0.05) is 36.8 Å². The number of hydrogen-bond donors (Lipinski definition) is 3. The van der Waals surface area contributed by atoms with E-state index in [1.807, 2.05) is 25.1 Å². The molecule has 0 aliphatic carbocycles. The molecule has 2 bridgehead atoms. The Kier molecular flexibility index (Phi) is 4.66. The molecule has 2 unspecified atom stereocenters. The first-order valence-electron chi connectivity index (χ1n) is 8.43. The van der Waals surface area contributed by atoms with Crippen molar-refractivity contribution in [3.05, 3.63) is 23.8 Å². The lowest BCUT2D eigenvalue weighted by Gasteiger charge is -2.28. The van der Waals surface area contributed by atoms with Gasteiger partial charge < -0.3 is 16.0 Å². The smallest absolute Gasteiger partial charge is 0.224 e. The van der Waals surface area contributed by atoms with Gasteiger partial charge in [0.1, 0.15) is 0 Å². The highest BCUT2D eigenvalue weighted by Crippen LogP contribution is 2.33. The summed E-state index contributed by atoms with van der Waals surface area (Å²) >= 11 is 0. The van der Waals surface area contributed by atoms with Crippen LogP contribution in [0, 0.1) is 12.8 Å². The second-order valence-electron chi connectivity index (χ2n) is 6.94. The summed E-state index contributed by atoms with van der Waals surface area (Å²) in [5.74, 6) is 0.434. The molecular formula is C18H25N3O2. The van der Waals surface area contributed by atoms with E-state index in [9.17, 15) is 9.59 Å². The Morgan fingerprint density at radius 2 is 1.87 bits per heavy atom. The molecule has 5 heteroatoms. The summed E-state index contributed by atoms with van der Waals surface area (Å²) < 4.78 is 0. The van der Waals surface area contributed by atoms with Crippen LogP contribution < -0.4 is 16.0 Å². The Hall–Kier alpha value is -1.88. The van der Waals surface area contributed by atoms with Crippen molar-refractivity contribution in [1.82, 2.24) is 5.32 Å². The van der Waals surface area contributed by atoms with Crippen molar-refractivity contribution >= 4 is 23.2 Å². The standard InChI is InChI=1S/C18H25N3O2/c1-11-3-4-16(19-12(2)22)10-17(11)21-18(23)9-13-7-14-5-6-15(8-13)20-14/h3-4,10,13-15,20H,5-9H2,1-2H3,(H,19,22)(H,21,23). The molecule has 0 saturated carbocycles. The lowest BCUT2D eigenvalue weighted by atomic mass is 9.89. The Bertz CT molecular complexity index is 602. The molecule has 5 nitrogen and oxygen atoms in total. The lowest BCUT2D eigenvalue weighted by Crippen LogP contribution is -2.39. The van der Waals surface area contributed by atoms with Gasteiger partial charge in [0.05, 0.1) is 0 Å². The third-order valence-corrected chi connectivity index (χ3v) is 4.88. The maximum atomic E-state index is 12.4. The van der Waals surface area contributed by atoms with E-state index in [2.05, 4.69) is 16.0 Å². The first-order valence-corrected chi connectivity index (χ1v) is 8.43. The second-order valence-corrected chi connectivity index (χ2v) is 6.94. The number of benzene rings is 1. The number of carbonyl (C=O) groups excluding carboxylic acids is 2. The van der Waals surface area contributed by atoms with Gasteiger partial charge in [-0.15, -0.1) is 0 Å². The fourth-order valence-corrected chi connectivity index (χ4v) is 3.84. The molecule has 3 rings (SSSR count). The Morgan fingerprint density at radius 1 is 1.17 bits per heavy atom. The van der Waals surface area contributed by atoms with Crippen molar-refractivity contribution in [3.8, 4) is 0 Å². The predicted molar refractivity (Wildman–Crippen MR) is 91.4 cm³/mol. The molecule has 2 saturated heterocycles. The van der Waals surface area contributed by atoms with Gasteiger partial charge in [-0.2, -0.15) is 0 Å². The highest BCUT2D eigenvalue weighted by atomic mass is 16.2. The molecule has 2 atom stereocenters. The summed E-state index contributed by atoms with van der Waals surface area (Å²) in [6.45, 7) is 3.43. The molecule has 0 spiro atoms. The average molecular weight is 315 g/mol. The van der Waals surface area contributed by atoms with E-state index in [-0.39, 0.29) is 11.8 Å². The van der Waals surface area contributed by atoms with Gasteiger partial charge in [0.2, 0.25) is 11.8 Å². The predicted octanol–water partition coefficient (Wildman–Crippen LogP) is 2.81. The van der Waals surface area contributed by atoms with Gasteiger partial charge in [-0.3, -0.25) is 9.59 Å². The van der Waals surface area contributed by atoms with Crippen LogP contribution in [0.25, 0.3) is 0 Å². The van der Waals surface area contributed by atoms with E-state index in [0.717, 1.165) is 24.1 Å². The SMILES string of the molecule is CC(=O)Nc1ccc(C)c(NC(=O)CC2CC3CCC(C2)N3)c1. The third kappa shape index (κ3) is 4.10.